The molecule has 0 unspecified atom stereocenters. The number of rotatable bonds is 5. The first kappa shape index (κ1) is 17.1. The van der Waals surface area contributed by atoms with Gasteiger partial charge in [-0.1, -0.05) is 43.0 Å². The molecule has 4 heteroatoms. The minimum atomic E-state index is -0.244. The van der Waals surface area contributed by atoms with Crippen molar-refractivity contribution in [1.29, 1.82) is 0 Å². The van der Waals surface area contributed by atoms with Gasteiger partial charge in [-0.05, 0) is 54.0 Å². The topological polar surface area (TPSA) is 24.1 Å². The highest BCUT2D eigenvalue weighted by molar-refractivity contribution is 6.30. The van der Waals surface area contributed by atoms with E-state index in [0.29, 0.717) is 11.4 Å². The molecule has 0 saturated heterocycles. The third-order valence-corrected chi connectivity index (χ3v) is 4.09. The number of nitrogens with one attached hydrogen (secondary N) is 2. The van der Waals surface area contributed by atoms with Gasteiger partial charge in [-0.2, -0.15) is 0 Å². The number of dihydropyridines is 1. The quantitative estimate of drug-likeness (QED) is 0.778. The van der Waals surface area contributed by atoms with Crippen LogP contribution in [0.1, 0.15) is 16.7 Å². The molecule has 0 aliphatic carbocycles. The van der Waals surface area contributed by atoms with Crippen LogP contribution < -0.4 is 10.6 Å². The van der Waals surface area contributed by atoms with Gasteiger partial charge in [0.1, 0.15) is 5.82 Å². The fourth-order valence-corrected chi connectivity index (χ4v) is 2.86. The smallest absolute Gasteiger partial charge is 0.123 e. The minimum Gasteiger partial charge on any atom is -0.362 e. The number of halogens is 2. The first-order valence-corrected chi connectivity index (χ1v) is 8.22. The zero-order chi connectivity index (χ0) is 17.8. The predicted octanol–water partition coefficient (Wildman–Crippen LogP) is 5.14. The predicted molar refractivity (Wildman–Crippen MR) is 102 cm³/mol. The molecule has 0 saturated carbocycles. The molecule has 0 atom stereocenters. The molecule has 1 aliphatic rings. The maximum absolute atomic E-state index is 13.1. The summed E-state index contributed by atoms with van der Waals surface area (Å²) in [7, 11) is 0. The normalized spacial score (nSPS) is 13.2. The van der Waals surface area contributed by atoms with E-state index in [2.05, 4.69) is 23.8 Å². The third-order valence-electron chi connectivity index (χ3n) is 3.86. The summed E-state index contributed by atoms with van der Waals surface area (Å²) in [6.07, 6.45) is 6.27. The molecule has 2 aromatic carbocycles. The molecule has 0 fully saturated rings. The van der Waals surface area contributed by atoms with E-state index in [1.807, 2.05) is 36.6 Å². The Hall–Kier alpha value is -2.78. The minimum absolute atomic E-state index is 0.244. The van der Waals surface area contributed by atoms with Crippen molar-refractivity contribution in [3.8, 4) is 0 Å². The van der Waals surface area contributed by atoms with E-state index in [0.717, 1.165) is 33.8 Å². The van der Waals surface area contributed by atoms with Crippen LogP contribution in [0.15, 0.2) is 85.4 Å². The van der Waals surface area contributed by atoms with E-state index >= 15 is 0 Å². The van der Waals surface area contributed by atoms with Crippen LogP contribution >= 0.6 is 11.6 Å². The van der Waals surface area contributed by atoms with E-state index in [1.165, 1.54) is 12.1 Å². The van der Waals surface area contributed by atoms with E-state index in [1.54, 1.807) is 12.1 Å². The molecule has 25 heavy (non-hydrogen) atoms. The Labute approximate surface area is 152 Å². The molecule has 0 radical (unpaired) electrons. The fraction of sp³-hybridized carbons (Fsp3) is 0.0476. The zero-order valence-electron chi connectivity index (χ0n) is 13.7. The maximum Gasteiger partial charge on any atom is 0.123 e. The van der Waals surface area contributed by atoms with Crippen molar-refractivity contribution >= 4 is 17.3 Å². The lowest BCUT2D eigenvalue weighted by molar-refractivity contribution is 0.627. The highest BCUT2D eigenvalue weighted by Crippen LogP contribution is 2.24. The van der Waals surface area contributed by atoms with E-state index in [4.69, 9.17) is 11.6 Å². The largest absolute Gasteiger partial charge is 0.362 e. The van der Waals surface area contributed by atoms with Crippen molar-refractivity contribution < 1.29 is 4.39 Å². The van der Waals surface area contributed by atoms with Crippen LogP contribution in [0.25, 0.3) is 5.70 Å². The van der Waals surface area contributed by atoms with Crippen LogP contribution in [0.4, 0.5) is 4.39 Å². The molecule has 1 heterocycles. The second kappa shape index (κ2) is 7.41. The molecule has 0 bridgehead atoms. The third kappa shape index (κ3) is 4.40. The van der Waals surface area contributed by atoms with Gasteiger partial charge in [0.15, 0.2) is 0 Å². The van der Waals surface area contributed by atoms with Crippen LogP contribution in [-0.2, 0) is 6.42 Å². The molecule has 0 spiro atoms. The van der Waals surface area contributed by atoms with E-state index in [-0.39, 0.29) is 5.82 Å². The molecule has 2 nitrogen and oxygen atoms in total. The van der Waals surface area contributed by atoms with Crippen molar-refractivity contribution in [2.75, 3.05) is 0 Å². The van der Waals surface area contributed by atoms with E-state index < -0.39 is 0 Å². The van der Waals surface area contributed by atoms with Crippen LogP contribution in [0, 0.1) is 5.82 Å². The van der Waals surface area contributed by atoms with Gasteiger partial charge in [0.25, 0.3) is 0 Å². The van der Waals surface area contributed by atoms with Crippen molar-refractivity contribution in [2.45, 2.75) is 6.42 Å². The maximum atomic E-state index is 13.1. The molecule has 2 aromatic rings. The average Bonchev–Trinajstić information content (AvgIpc) is 2.57. The highest BCUT2D eigenvalue weighted by Gasteiger charge is 2.10. The summed E-state index contributed by atoms with van der Waals surface area (Å²) in [5.41, 5.74) is 5.46. The molecule has 0 aromatic heterocycles. The van der Waals surface area contributed by atoms with Crippen molar-refractivity contribution in [2.24, 2.45) is 0 Å². The molecule has 2 N–H and O–H groups in total. The summed E-state index contributed by atoms with van der Waals surface area (Å²) in [4.78, 5) is 0. The van der Waals surface area contributed by atoms with Gasteiger partial charge in [0.05, 0.1) is 0 Å². The Morgan fingerprint density at radius 3 is 2.64 bits per heavy atom. The van der Waals surface area contributed by atoms with Crippen molar-refractivity contribution in [3.05, 3.63) is 113 Å². The summed E-state index contributed by atoms with van der Waals surface area (Å²) in [6.45, 7) is 8.03. The number of allylic oxidation sites excluding steroid dienone is 2. The number of benzene rings is 2. The SMILES string of the molecule is C=C1C=C(NC(=C)c2ccc(Cl)cc2Cc2ccc(F)cc2)C=CN1. The Balaban J connectivity index is 1.85. The lowest BCUT2D eigenvalue weighted by atomic mass is 9.98. The molecular formula is C21H18ClFN2. The van der Waals surface area contributed by atoms with Gasteiger partial charge in [0, 0.05) is 33.9 Å². The molecule has 0 amide bonds. The Kier molecular flexibility index (Phi) is 5.05. The summed E-state index contributed by atoms with van der Waals surface area (Å²) in [5, 5.41) is 6.96. The summed E-state index contributed by atoms with van der Waals surface area (Å²) < 4.78 is 13.1. The number of hydrogen-bond acceptors (Lipinski definition) is 2. The summed E-state index contributed by atoms with van der Waals surface area (Å²) >= 11 is 6.17. The lowest BCUT2D eigenvalue weighted by Crippen LogP contribution is -2.16. The standard InChI is InChI=1S/C21H18ClFN2/c1-14-11-20(9-10-24-14)25-15(2)21-8-5-18(22)13-17(21)12-16-3-6-19(23)7-4-16/h3-11,13,24-25H,1-2,12H2. The Morgan fingerprint density at radius 2 is 1.92 bits per heavy atom. The molecular weight excluding hydrogens is 335 g/mol. The van der Waals surface area contributed by atoms with Gasteiger partial charge in [-0.25, -0.2) is 4.39 Å². The van der Waals surface area contributed by atoms with Gasteiger partial charge < -0.3 is 10.6 Å². The van der Waals surface area contributed by atoms with Crippen LogP contribution in [0.2, 0.25) is 5.02 Å². The monoisotopic (exact) mass is 352 g/mol. The van der Waals surface area contributed by atoms with Gasteiger partial charge in [-0.15, -0.1) is 0 Å². The van der Waals surface area contributed by atoms with E-state index in [9.17, 15) is 4.39 Å². The van der Waals surface area contributed by atoms with Crippen LogP contribution in [0.3, 0.4) is 0 Å². The van der Waals surface area contributed by atoms with Gasteiger partial charge >= 0.3 is 0 Å². The summed E-state index contributed by atoms with van der Waals surface area (Å²) in [5.74, 6) is -0.244. The summed E-state index contributed by atoms with van der Waals surface area (Å²) in [6, 6.07) is 12.2. The lowest BCUT2D eigenvalue weighted by Gasteiger charge is -2.17. The highest BCUT2D eigenvalue weighted by atomic mass is 35.5. The Bertz CT molecular complexity index is 879. The van der Waals surface area contributed by atoms with Gasteiger partial charge in [0.2, 0.25) is 0 Å². The molecule has 3 rings (SSSR count). The average molecular weight is 353 g/mol. The van der Waals surface area contributed by atoms with Gasteiger partial charge in [-0.3, -0.25) is 0 Å². The molecule has 126 valence electrons. The second-order valence-corrected chi connectivity index (χ2v) is 6.25. The van der Waals surface area contributed by atoms with Crippen LogP contribution in [0.5, 0.6) is 0 Å². The number of hydrogen-bond donors (Lipinski definition) is 2. The van der Waals surface area contributed by atoms with Crippen LogP contribution in [-0.4, -0.2) is 0 Å². The van der Waals surface area contributed by atoms with Crippen molar-refractivity contribution in [3.63, 3.8) is 0 Å². The first-order valence-electron chi connectivity index (χ1n) is 7.84. The molecule has 1 aliphatic heterocycles. The second-order valence-electron chi connectivity index (χ2n) is 5.81. The fourth-order valence-electron chi connectivity index (χ4n) is 2.66. The zero-order valence-corrected chi connectivity index (χ0v) is 14.4. The Morgan fingerprint density at radius 1 is 1.16 bits per heavy atom. The van der Waals surface area contributed by atoms with Crippen molar-refractivity contribution in [1.82, 2.24) is 10.6 Å². The first-order chi connectivity index (χ1) is 12.0.